The van der Waals surface area contributed by atoms with Crippen molar-refractivity contribution in [1.82, 2.24) is 4.98 Å². The maximum Gasteiger partial charge on any atom is 0.255 e. The normalized spacial score (nSPS) is 10.6. The smallest absolute Gasteiger partial charge is 0.255 e. The summed E-state index contributed by atoms with van der Waals surface area (Å²) in [5.74, 6) is 1.51. The van der Waals surface area contributed by atoms with Crippen molar-refractivity contribution in [1.29, 1.82) is 0 Å². The first-order valence-corrected chi connectivity index (χ1v) is 8.67. The predicted octanol–water partition coefficient (Wildman–Crippen LogP) is 4.76. The molecule has 0 fully saturated rings. The third-order valence-electron chi connectivity index (χ3n) is 4.31. The van der Waals surface area contributed by atoms with E-state index in [2.05, 4.69) is 10.3 Å². The summed E-state index contributed by atoms with van der Waals surface area (Å²) in [5, 5.41) is 2.88. The summed E-state index contributed by atoms with van der Waals surface area (Å²) in [6, 6.07) is 19.9. The minimum absolute atomic E-state index is 0.177. The first-order valence-electron chi connectivity index (χ1n) is 8.67. The number of anilines is 1. The third kappa shape index (κ3) is 3.40. The largest absolute Gasteiger partial charge is 0.493 e. The molecule has 0 spiro atoms. The van der Waals surface area contributed by atoms with E-state index in [1.807, 2.05) is 30.3 Å². The molecule has 0 saturated heterocycles. The number of carbonyl (C=O) groups is 1. The highest BCUT2D eigenvalue weighted by Gasteiger charge is 2.13. The van der Waals surface area contributed by atoms with Crippen LogP contribution in [-0.4, -0.2) is 25.1 Å². The fraction of sp³-hybridized carbons (Fsp3) is 0.0909. The molecule has 1 heterocycles. The van der Waals surface area contributed by atoms with Gasteiger partial charge < -0.3 is 19.2 Å². The first kappa shape index (κ1) is 17.6. The number of nitrogens with one attached hydrogen (secondary N) is 1. The van der Waals surface area contributed by atoms with Gasteiger partial charge in [-0.2, -0.15) is 0 Å². The zero-order chi connectivity index (χ0) is 19.5. The minimum atomic E-state index is -0.177. The third-order valence-corrected chi connectivity index (χ3v) is 4.31. The van der Waals surface area contributed by atoms with E-state index in [0.717, 1.165) is 5.56 Å². The quantitative estimate of drug-likeness (QED) is 0.545. The number of hydrogen-bond donors (Lipinski definition) is 1. The summed E-state index contributed by atoms with van der Waals surface area (Å²) in [5.41, 5.74) is 3.28. The van der Waals surface area contributed by atoms with Crippen molar-refractivity contribution in [3.63, 3.8) is 0 Å². The van der Waals surface area contributed by atoms with Gasteiger partial charge in [0.15, 0.2) is 17.1 Å². The molecule has 6 nitrogen and oxygen atoms in total. The molecule has 0 saturated carbocycles. The predicted molar refractivity (Wildman–Crippen MR) is 107 cm³/mol. The Morgan fingerprint density at radius 3 is 2.46 bits per heavy atom. The second-order valence-electron chi connectivity index (χ2n) is 6.09. The van der Waals surface area contributed by atoms with Gasteiger partial charge in [0.2, 0.25) is 5.89 Å². The molecule has 0 aliphatic carbocycles. The molecule has 0 atom stereocenters. The van der Waals surface area contributed by atoms with Crippen LogP contribution < -0.4 is 14.8 Å². The standard InChI is InChI=1S/C22H18N2O4/c1-26-19-10-8-15(12-20(19)27-2)22-24-17-13-16(9-11-18(17)28-22)23-21(25)14-6-4-3-5-7-14/h3-13H,1-2H3,(H,23,25). The molecule has 1 amide bonds. The van der Waals surface area contributed by atoms with Crippen LogP contribution in [0.1, 0.15) is 10.4 Å². The molecule has 1 N–H and O–H groups in total. The monoisotopic (exact) mass is 374 g/mol. The fourth-order valence-electron chi connectivity index (χ4n) is 2.89. The lowest BCUT2D eigenvalue weighted by atomic mass is 10.2. The number of nitrogens with zero attached hydrogens (tertiary/aromatic N) is 1. The molecule has 6 heteroatoms. The molecule has 1 aromatic heterocycles. The van der Waals surface area contributed by atoms with Crippen LogP contribution in [0.2, 0.25) is 0 Å². The van der Waals surface area contributed by atoms with Gasteiger partial charge >= 0.3 is 0 Å². The zero-order valence-electron chi connectivity index (χ0n) is 15.4. The summed E-state index contributed by atoms with van der Waals surface area (Å²) in [7, 11) is 3.16. The average molecular weight is 374 g/mol. The van der Waals surface area contributed by atoms with E-state index < -0.39 is 0 Å². The maximum atomic E-state index is 12.3. The minimum Gasteiger partial charge on any atom is -0.493 e. The summed E-state index contributed by atoms with van der Waals surface area (Å²) < 4.78 is 16.4. The average Bonchev–Trinajstić information content (AvgIpc) is 3.17. The van der Waals surface area contributed by atoms with Crippen LogP contribution in [-0.2, 0) is 0 Å². The van der Waals surface area contributed by atoms with E-state index in [1.165, 1.54) is 0 Å². The van der Waals surface area contributed by atoms with E-state index in [1.54, 1.807) is 50.6 Å². The molecule has 0 bridgehead atoms. The molecule has 0 aliphatic rings. The highest BCUT2D eigenvalue weighted by Crippen LogP contribution is 2.33. The van der Waals surface area contributed by atoms with E-state index in [9.17, 15) is 4.79 Å². The summed E-state index contributed by atoms with van der Waals surface area (Å²) >= 11 is 0. The van der Waals surface area contributed by atoms with Gasteiger partial charge in [0.05, 0.1) is 14.2 Å². The van der Waals surface area contributed by atoms with Crippen molar-refractivity contribution in [3.8, 4) is 23.0 Å². The number of ether oxygens (including phenoxy) is 2. The number of amides is 1. The lowest BCUT2D eigenvalue weighted by Crippen LogP contribution is -2.11. The lowest BCUT2D eigenvalue weighted by molar-refractivity contribution is 0.102. The Kier molecular flexibility index (Phi) is 4.68. The van der Waals surface area contributed by atoms with Crippen molar-refractivity contribution in [2.24, 2.45) is 0 Å². The Morgan fingerprint density at radius 2 is 1.71 bits per heavy atom. The maximum absolute atomic E-state index is 12.3. The van der Waals surface area contributed by atoms with Gasteiger partial charge in [0.25, 0.3) is 5.91 Å². The second kappa shape index (κ2) is 7.44. The van der Waals surface area contributed by atoms with Gasteiger partial charge in [-0.3, -0.25) is 4.79 Å². The lowest BCUT2D eigenvalue weighted by Gasteiger charge is -2.07. The molecule has 4 rings (SSSR count). The van der Waals surface area contributed by atoms with Crippen LogP contribution in [0.5, 0.6) is 11.5 Å². The summed E-state index contributed by atoms with van der Waals surface area (Å²) in [6.07, 6.45) is 0. The summed E-state index contributed by atoms with van der Waals surface area (Å²) in [6.45, 7) is 0. The van der Waals surface area contributed by atoms with E-state index in [0.29, 0.717) is 39.7 Å². The number of carbonyl (C=O) groups excluding carboxylic acids is 1. The number of fused-ring (bicyclic) bond motifs is 1. The number of oxazole rings is 1. The second-order valence-corrected chi connectivity index (χ2v) is 6.09. The first-order chi connectivity index (χ1) is 13.7. The number of benzene rings is 3. The molecule has 0 unspecified atom stereocenters. The number of aromatic nitrogens is 1. The van der Waals surface area contributed by atoms with Crippen LogP contribution in [0.25, 0.3) is 22.6 Å². The molecule has 3 aromatic carbocycles. The number of methoxy groups -OCH3 is 2. The molecular weight excluding hydrogens is 356 g/mol. The van der Waals surface area contributed by atoms with E-state index in [-0.39, 0.29) is 5.91 Å². The Bertz CT molecular complexity index is 1140. The van der Waals surface area contributed by atoms with Gasteiger partial charge in [-0.25, -0.2) is 4.98 Å². The van der Waals surface area contributed by atoms with E-state index in [4.69, 9.17) is 13.9 Å². The molecule has 0 radical (unpaired) electrons. The number of rotatable bonds is 5. The van der Waals surface area contributed by atoms with Crippen LogP contribution in [0.15, 0.2) is 71.1 Å². The molecular formula is C22H18N2O4. The summed E-state index contributed by atoms with van der Waals surface area (Å²) in [4.78, 5) is 16.9. The zero-order valence-corrected chi connectivity index (χ0v) is 15.4. The Balaban J connectivity index is 1.63. The Labute approximate surface area is 161 Å². The SMILES string of the molecule is COc1ccc(-c2nc3cc(NC(=O)c4ccccc4)ccc3o2)cc1OC. The molecule has 140 valence electrons. The topological polar surface area (TPSA) is 73.6 Å². The van der Waals surface area contributed by atoms with Gasteiger partial charge in [-0.1, -0.05) is 18.2 Å². The van der Waals surface area contributed by atoms with Crippen LogP contribution in [0.3, 0.4) is 0 Å². The van der Waals surface area contributed by atoms with Crippen LogP contribution in [0.4, 0.5) is 5.69 Å². The van der Waals surface area contributed by atoms with Crippen molar-refractivity contribution < 1.29 is 18.7 Å². The highest BCUT2D eigenvalue weighted by molar-refractivity contribution is 6.04. The van der Waals surface area contributed by atoms with Crippen molar-refractivity contribution in [2.75, 3.05) is 19.5 Å². The fourth-order valence-corrected chi connectivity index (χ4v) is 2.89. The van der Waals surface area contributed by atoms with Gasteiger partial charge in [0.1, 0.15) is 5.52 Å². The van der Waals surface area contributed by atoms with Gasteiger partial charge in [-0.15, -0.1) is 0 Å². The molecule has 28 heavy (non-hydrogen) atoms. The van der Waals surface area contributed by atoms with Crippen LogP contribution >= 0.6 is 0 Å². The van der Waals surface area contributed by atoms with Crippen molar-refractivity contribution in [3.05, 3.63) is 72.3 Å². The Morgan fingerprint density at radius 1 is 0.929 bits per heavy atom. The Hall–Kier alpha value is -3.80. The number of hydrogen-bond acceptors (Lipinski definition) is 5. The molecule has 0 aliphatic heterocycles. The van der Waals surface area contributed by atoms with Crippen molar-refractivity contribution in [2.45, 2.75) is 0 Å². The van der Waals surface area contributed by atoms with Crippen LogP contribution in [0, 0.1) is 0 Å². The highest BCUT2D eigenvalue weighted by atomic mass is 16.5. The van der Waals surface area contributed by atoms with Gasteiger partial charge in [0, 0.05) is 16.8 Å². The van der Waals surface area contributed by atoms with Gasteiger partial charge in [-0.05, 0) is 48.5 Å². The van der Waals surface area contributed by atoms with E-state index >= 15 is 0 Å². The molecule has 4 aromatic rings. The van der Waals surface area contributed by atoms with Crippen molar-refractivity contribution >= 4 is 22.7 Å².